The lowest BCUT2D eigenvalue weighted by atomic mass is 9.89. The van der Waals surface area contributed by atoms with Crippen LogP contribution in [0.2, 0.25) is 0 Å². The molecule has 7 heteroatoms. The number of carbonyl (C=O) groups excluding carboxylic acids is 2. The number of aryl methyl sites for hydroxylation is 1. The van der Waals surface area contributed by atoms with E-state index in [2.05, 4.69) is 0 Å². The van der Waals surface area contributed by atoms with Gasteiger partial charge in [-0.1, -0.05) is 30.3 Å². The zero-order valence-electron chi connectivity index (χ0n) is 18.6. The van der Waals surface area contributed by atoms with Crippen LogP contribution in [0.25, 0.3) is 0 Å². The Kier molecular flexibility index (Phi) is 5.26. The largest absolute Gasteiger partial charge is 0.497 e. The first-order chi connectivity index (χ1) is 16.0. The van der Waals surface area contributed by atoms with Gasteiger partial charge in [0.05, 0.1) is 25.6 Å². The van der Waals surface area contributed by atoms with Crippen molar-refractivity contribution in [3.63, 3.8) is 0 Å². The molecule has 33 heavy (non-hydrogen) atoms. The molecular weight excluding hydrogens is 420 g/mol. The number of benzene rings is 3. The first-order valence-electron chi connectivity index (χ1n) is 10.7. The second kappa shape index (κ2) is 8.26. The van der Waals surface area contributed by atoms with Gasteiger partial charge in [-0.25, -0.2) is 9.96 Å². The fraction of sp³-hybridized carbons (Fsp3) is 0.231. The Morgan fingerprint density at radius 3 is 2.27 bits per heavy atom. The highest BCUT2D eigenvalue weighted by Crippen LogP contribution is 2.50. The van der Waals surface area contributed by atoms with Crippen molar-refractivity contribution in [1.82, 2.24) is 0 Å². The van der Waals surface area contributed by atoms with Crippen LogP contribution in [-0.2, 0) is 14.4 Å². The zero-order valence-corrected chi connectivity index (χ0v) is 18.6. The van der Waals surface area contributed by atoms with E-state index in [0.29, 0.717) is 22.7 Å². The second-order valence-corrected chi connectivity index (χ2v) is 8.12. The van der Waals surface area contributed by atoms with Gasteiger partial charge in [-0.3, -0.25) is 14.4 Å². The summed E-state index contributed by atoms with van der Waals surface area (Å²) in [6.45, 7) is 1.92. The molecule has 0 aliphatic carbocycles. The molecule has 7 nitrogen and oxygen atoms in total. The summed E-state index contributed by atoms with van der Waals surface area (Å²) < 4.78 is 11.1. The molecule has 2 saturated heterocycles. The Morgan fingerprint density at radius 1 is 0.818 bits per heavy atom. The number of carbonyl (C=O) groups is 2. The first-order valence-corrected chi connectivity index (χ1v) is 10.7. The van der Waals surface area contributed by atoms with Crippen LogP contribution in [0.5, 0.6) is 11.5 Å². The van der Waals surface area contributed by atoms with Gasteiger partial charge in [0.25, 0.3) is 5.91 Å². The lowest BCUT2D eigenvalue weighted by molar-refractivity contribution is -0.126. The average molecular weight is 444 g/mol. The number of anilines is 2. The zero-order chi connectivity index (χ0) is 23.1. The van der Waals surface area contributed by atoms with E-state index < -0.39 is 18.1 Å². The molecule has 0 radical (unpaired) electrons. The fourth-order valence-electron chi connectivity index (χ4n) is 4.62. The molecule has 168 valence electrons. The summed E-state index contributed by atoms with van der Waals surface area (Å²) in [5, 5.41) is 1.65. The van der Waals surface area contributed by atoms with Crippen LogP contribution >= 0.6 is 0 Å². The van der Waals surface area contributed by atoms with Crippen molar-refractivity contribution in [3.8, 4) is 11.5 Å². The summed E-state index contributed by atoms with van der Waals surface area (Å²) in [5.74, 6) is -0.223. The highest BCUT2D eigenvalue weighted by Gasteiger charge is 2.60. The van der Waals surface area contributed by atoms with E-state index in [1.807, 2.05) is 61.5 Å². The van der Waals surface area contributed by atoms with Crippen molar-refractivity contribution in [2.24, 2.45) is 5.92 Å². The van der Waals surface area contributed by atoms with Gasteiger partial charge >= 0.3 is 0 Å². The lowest BCUT2D eigenvalue weighted by Crippen LogP contribution is -2.37. The Hall–Kier alpha value is -3.84. The maximum absolute atomic E-state index is 13.8. The molecule has 2 aliphatic heterocycles. The predicted molar refractivity (Wildman–Crippen MR) is 123 cm³/mol. The third-order valence-electron chi connectivity index (χ3n) is 6.14. The molecule has 3 unspecified atom stereocenters. The Labute approximate surface area is 192 Å². The molecule has 3 aromatic rings. The third kappa shape index (κ3) is 3.41. The van der Waals surface area contributed by atoms with Crippen LogP contribution in [-0.4, -0.2) is 32.1 Å². The molecule has 2 aliphatic rings. The minimum Gasteiger partial charge on any atom is -0.497 e. The smallest absolute Gasteiger partial charge is 0.266 e. The van der Waals surface area contributed by atoms with Crippen LogP contribution < -0.4 is 19.4 Å². The molecule has 0 aromatic heterocycles. The highest BCUT2D eigenvalue weighted by atomic mass is 16.7. The molecule has 3 atom stereocenters. The second-order valence-electron chi connectivity index (χ2n) is 8.12. The highest BCUT2D eigenvalue weighted by molar-refractivity contribution is 6.24. The van der Waals surface area contributed by atoms with Crippen LogP contribution in [0, 0.1) is 12.8 Å². The summed E-state index contributed by atoms with van der Waals surface area (Å²) in [7, 11) is 3.16. The number of para-hydroxylation sites is 1. The average Bonchev–Trinajstić information content (AvgIpc) is 3.35. The number of ether oxygens (including phenoxy) is 2. The number of methoxy groups -OCH3 is 2. The molecule has 0 saturated carbocycles. The topological polar surface area (TPSA) is 68.3 Å². The lowest BCUT2D eigenvalue weighted by Gasteiger charge is -2.29. The predicted octanol–water partition coefficient (Wildman–Crippen LogP) is 4.06. The van der Waals surface area contributed by atoms with Gasteiger partial charge in [-0.15, -0.1) is 0 Å². The van der Waals surface area contributed by atoms with Gasteiger partial charge in [0, 0.05) is 5.56 Å². The van der Waals surface area contributed by atoms with Gasteiger partial charge in [0.1, 0.15) is 23.5 Å². The third-order valence-corrected chi connectivity index (χ3v) is 6.14. The molecule has 2 heterocycles. The van der Waals surface area contributed by atoms with E-state index in [1.165, 1.54) is 4.90 Å². The molecule has 5 rings (SSSR count). The molecule has 2 fully saturated rings. The van der Waals surface area contributed by atoms with E-state index in [1.54, 1.807) is 37.5 Å². The molecule has 0 bridgehead atoms. The monoisotopic (exact) mass is 444 g/mol. The number of fused-ring (bicyclic) bond motifs is 1. The van der Waals surface area contributed by atoms with Gasteiger partial charge in [-0.2, -0.15) is 0 Å². The summed E-state index contributed by atoms with van der Waals surface area (Å²) >= 11 is 0. The number of hydroxylamine groups is 1. The maximum atomic E-state index is 13.8. The minimum absolute atomic E-state index is 0.302. The fourth-order valence-corrected chi connectivity index (χ4v) is 4.62. The van der Waals surface area contributed by atoms with Crippen molar-refractivity contribution in [2.45, 2.75) is 19.1 Å². The Balaban J connectivity index is 1.64. The van der Waals surface area contributed by atoms with Crippen LogP contribution in [0.15, 0.2) is 72.8 Å². The van der Waals surface area contributed by atoms with Gasteiger partial charge in [-0.05, 0) is 55.0 Å². The van der Waals surface area contributed by atoms with E-state index in [4.69, 9.17) is 14.3 Å². The van der Waals surface area contributed by atoms with Crippen molar-refractivity contribution in [1.29, 1.82) is 0 Å². The number of nitrogens with zero attached hydrogens (tertiary/aromatic N) is 2. The minimum atomic E-state index is -0.945. The number of hydrogen-bond donors (Lipinski definition) is 0. The summed E-state index contributed by atoms with van der Waals surface area (Å²) in [6, 6.07) is 21.6. The summed E-state index contributed by atoms with van der Waals surface area (Å²) in [4.78, 5) is 34.6. The first kappa shape index (κ1) is 21.0. The van der Waals surface area contributed by atoms with Crippen molar-refractivity contribution in [2.75, 3.05) is 24.2 Å². The van der Waals surface area contributed by atoms with E-state index in [9.17, 15) is 9.59 Å². The Bertz CT molecular complexity index is 1210. The quantitative estimate of drug-likeness (QED) is 0.553. The van der Waals surface area contributed by atoms with Gasteiger partial charge < -0.3 is 9.47 Å². The summed E-state index contributed by atoms with van der Waals surface area (Å²) in [5.41, 5.74) is 2.96. The molecule has 3 aromatic carbocycles. The number of amides is 2. The molecule has 0 spiro atoms. The summed E-state index contributed by atoms with van der Waals surface area (Å²) in [6.07, 6.45) is -0.945. The van der Waals surface area contributed by atoms with Gasteiger partial charge in [0.15, 0.2) is 6.10 Å². The number of rotatable bonds is 5. The molecule has 2 amide bonds. The van der Waals surface area contributed by atoms with E-state index in [-0.39, 0.29) is 11.8 Å². The normalized spacial score (nSPS) is 22.0. The molecular formula is C26H24N2O5. The molecule has 0 N–H and O–H groups in total. The number of imide groups is 1. The van der Waals surface area contributed by atoms with E-state index in [0.717, 1.165) is 11.3 Å². The van der Waals surface area contributed by atoms with Gasteiger partial charge in [0.2, 0.25) is 5.91 Å². The SMILES string of the molecule is COc1ccc(OC)c(C2C3C(=O)N(c4cccc(C)c4)C(=O)C3ON2c2ccccc2)c1. The maximum Gasteiger partial charge on any atom is 0.266 e. The van der Waals surface area contributed by atoms with Crippen LogP contribution in [0.3, 0.4) is 0 Å². The van der Waals surface area contributed by atoms with Crippen LogP contribution in [0.1, 0.15) is 17.2 Å². The van der Waals surface area contributed by atoms with Crippen molar-refractivity contribution >= 4 is 23.2 Å². The standard InChI is InChI=1S/C26H24N2O5/c1-16-8-7-11-18(14-16)27-25(29)22-23(20-15-19(31-2)12-13-21(20)32-3)28(33-24(22)26(27)30)17-9-5-4-6-10-17/h4-15,22-24H,1-3H3. The Morgan fingerprint density at radius 2 is 1.58 bits per heavy atom. The van der Waals surface area contributed by atoms with Crippen LogP contribution in [0.4, 0.5) is 11.4 Å². The number of hydrogen-bond acceptors (Lipinski definition) is 6. The van der Waals surface area contributed by atoms with Crippen molar-refractivity contribution in [3.05, 3.63) is 83.9 Å². The van der Waals surface area contributed by atoms with Crippen molar-refractivity contribution < 1.29 is 23.9 Å². The van der Waals surface area contributed by atoms with E-state index >= 15 is 0 Å².